The molecule has 2 aliphatic heterocycles. The molecule has 1 N–H and O–H groups in total. The minimum Gasteiger partial charge on any atom is -0.378 e. The van der Waals surface area contributed by atoms with Crippen molar-refractivity contribution in [1.29, 1.82) is 0 Å². The molecule has 3 rings (SSSR count). The summed E-state index contributed by atoms with van der Waals surface area (Å²) in [6.07, 6.45) is 7.28. The van der Waals surface area contributed by atoms with Gasteiger partial charge in [-0.3, -0.25) is 0 Å². The Bertz CT molecular complexity index is 578. The zero-order valence-corrected chi connectivity index (χ0v) is 15.6. The average Bonchev–Trinajstić information content (AvgIpc) is 3.30. The number of anilines is 2. The average molecular weight is 345 g/mol. The SMILES string of the molecule is Cc1c(NC(=O)N(C)CCC[C@H]2CCCO2)cccc1N1CCCC1. The molecule has 2 fully saturated rings. The van der Waals surface area contributed by atoms with Crippen LogP contribution < -0.4 is 10.2 Å². The Labute approximate surface area is 151 Å². The van der Waals surface area contributed by atoms with Crippen molar-refractivity contribution in [3.8, 4) is 0 Å². The summed E-state index contributed by atoms with van der Waals surface area (Å²) in [5, 5.41) is 3.08. The van der Waals surface area contributed by atoms with Crippen LogP contribution >= 0.6 is 0 Å². The molecule has 2 heterocycles. The van der Waals surface area contributed by atoms with E-state index in [1.165, 1.54) is 31.4 Å². The number of benzene rings is 1. The van der Waals surface area contributed by atoms with Crippen molar-refractivity contribution < 1.29 is 9.53 Å². The van der Waals surface area contributed by atoms with Crippen LogP contribution in [0, 0.1) is 6.92 Å². The van der Waals surface area contributed by atoms with Gasteiger partial charge in [-0.15, -0.1) is 0 Å². The lowest BCUT2D eigenvalue weighted by Crippen LogP contribution is -2.33. The Morgan fingerprint density at radius 1 is 1.32 bits per heavy atom. The molecule has 0 aliphatic carbocycles. The molecule has 0 bridgehead atoms. The van der Waals surface area contributed by atoms with E-state index in [0.717, 1.165) is 50.3 Å². The number of carbonyl (C=O) groups is 1. The van der Waals surface area contributed by atoms with Crippen molar-refractivity contribution in [3.05, 3.63) is 23.8 Å². The minimum atomic E-state index is -0.0333. The highest BCUT2D eigenvalue weighted by Crippen LogP contribution is 2.29. The lowest BCUT2D eigenvalue weighted by molar-refractivity contribution is 0.101. The van der Waals surface area contributed by atoms with Crippen molar-refractivity contribution >= 4 is 17.4 Å². The van der Waals surface area contributed by atoms with E-state index in [2.05, 4.69) is 23.2 Å². The van der Waals surface area contributed by atoms with Crippen LogP contribution in [0.1, 0.15) is 44.1 Å². The number of carbonyl (C=O) groups excluding carboxylic acids is 1. The number of nitrogens with one attached hydrogen (secondary N) is 1. The van der Waals surface area contributed by atoms with E-state index in [-0.39, 0.29) is 6.03 Å². The Kier molecular flexibility index (Phi) is 6.19. The molecule has 5 nitrogen and oxygen atoms in total. The van der Waals surface area contributed by atoms with Gasteiger partial charge in [0.15, 0.2) is 0 Å². The standard InChI is InChI=1S/C20H31N3O2/c1-16-18(10-5-11-19(16)23-13-3-4-14-23)21-20(24)22(2)12-6-8-17-9-7-15-25-17/h5,10-11,17H,3-4,6-9,12-15H2,1-2H3,(H,21,24)/t17-/m0/s1. The van der Waals surface area contributed by atoms with Gasteiger partial charge in [0, 0.05) is 44.7 Å². The maximum absolute atomic E-state index is 12.5. The summed E-state index contributed by atoms with van der Waals surface area (Å²) < 4.78 is 5.64. The monoisotopic (exact) mass is 345 g/mol. The Balaban J connectivity index is 1.52. The van der Waals surface area contributed by atoms with Gasteiger partial charge in [-0.2, -0.15) is 0 Å². The number of ether oxygens (including phenoxy) is 1. The number of urea groups is 1. The highest BCUT2D eigenvalue weighted by Gasteiger charge is 2.18. The van der Waals surface area contributed by atoms with Gasteiger partial charge in [0.25, 0.3) is 0 Å². The molecular weight excluding hydrogens is 314 g/mol. The molecule has 138 valence electrons. The van der Waals surface area contributed by atoms with Crippen LogP contribution in [0.4, 0.5) is 16.2 Å². The van der Waals surface area contributed by atoms with E-state index in [4.69, 9.17) is 4.74 Å². The third-order valence-corrected chi connectivity index (χ3v) is 5.38. The van der Waals surface area contributed by atoms with Crippen LogP contribution in [0.25, 0.3) is 0 Å². The van der Waals surface area contributed by atoms with Crippen LogP contribution in [0.5, 0.6) is 0 Å². The van der Waals surface area contributed by atoms with Gasteiger partial charge in [0.05, 0.1) is 6.10 Å². The van der Waals surface area contributed by atoms with Crippen molar-refractivity contribution in [3.63, 3.8) is 0 Å². The second kappa shape index (κ2) is 8.56. The smallest absolute Gasteiger partial charge is 0.321 e. The van der Waals surface area contributed by atoms with Crippen molar-refractivity contribution in [1.82, 2.24) is 4.90 Å². The molecule has 2 amide bonds. The predicted molar refractivity (Wildman–Crippen MR) is 102 cm³/mol. The molecule has 0 saturated carbocycles. The normalized spacial score (nSPS) is 20.1. The van der Waals surface area contributed by atoms with Gasteiger partial charge in [-0.25, -0.2) is 4.79 Å². The van der Waals surface area contributed by atoms with Crippen molar-refractivity contribution in [2.24, 2.45) is 0 Å². The van der Waals surface area contributed by atoms with E-state index in [0.29, 0.717) is 6.10 Å². The number of hydrogen-bond donors (Lipinski definition) is 1. The number of rotatable bonds is 6. The number of amides is 2. The van der Waals surface area contributed by atoms with E-state index in [1.54, 1.807) is 4.90 Å². The van der Waals surface area contributed by atoms with Crippen LogP contribution in [0.15, 0.2) is 18.2 Å². The van der Waals surface area contributed by atoms with Crippen LogP contribution in [-0.2, 0) is 4.74 Å². The third-order valence-electron chi connectivity index (χ3n) is 5.38. The molecule has 25 heavy (non-hydrogen) atoms. The summed E-state index contributed by atoms with van der Waals surface area (Å²) in [5.41, 5.74) is 3.32. The first kappa shape index (κ1) is 18.1. The van der Waals surface area contributed by atoms with Crippen LogP contribution in [0.2, 0.25) is 0 Å². The first-order chi connectivity index (χ1) is 12.1. The fourth-order valence-corrected chi connectivity index (χ4v) is 3.80. The summed E-state index contributed by atoms with van der Waals surface area (Å²) in [6, 6.07) is 6.15. The van der Waals surface area contributed by atoms with E-state index in [9.17, 15) is 4.79 Å². The van der Waals surface area contributed by atoms with Gasteiger partial charge in [0.1, 0.15) is 0 Å². The molecular formula is C20H31N3O2. The zero-order valence-electron chi connectivity index (χ0n) is 15.6. The van der Waals surface area contributed by atoms with Gasteiger partial charge >= 0.3 is 6.03 Å². The Morgan fingerprint density at radius 3 is 2.84 bits per heavy atom. The van der Waals surface area contributed by atoms with E-state index < -0.39 is 0 Å². The summed E-state index contributed by atoms with van der Waals surface area (Å²) in [5.74, 6) is 0. The summed E-state index contributed by atoms with van der Waals surface area (Å²) in [4.78, 5) is 16.7. The van der Waals surface area contributed by atoms with E-state index in [1.807, 2.05) is 19.2 Å². The molecule has 2 saturated heterocycles. The fraction of sp³-hybridized carbons (Fsp3) is 0.650. The van der Waals surface area contributed by atoms with Gasteiger partial charge < -0.3 is 19.9 Å². The maximum Gasteiger partial charge on any atom is 0.321 e. The number of hydrogen-bond acceptors (Lipinski definition) is 3. The summed E-state index contributed by atoms with van der Waals surface area (Å²) in [7, 11) is 1.87. The zero-order chi connectivity index (χ0) is 17.6. The fourth-order valence-electron chi connectivity index (χ4n) is 3.80. The molecule has 0 unspecified atom stereocenters. The largest absolute Gasteiger partial charge is 0.378 e. The van der Waals surface area contributed by atoms with Crippen molar-refractivity contribution in [2.75, 3.05) is 43.5 Å². The molecule has 1 aromatic rings. The third kappa shape index (κ3) is 4.66. The Hall–Kier alpha value is -1.75. The maximum atomic E-state index is 12.5. The molecule has 2 aliphatic rings. The van der Waals surface area contributed by atoms with E-state index >= 15 is 0 Å². The van der Waals surface area contributed by atoms with Crippen LogP contribution in [0.3, 0.4) is 0 Å². The van der Waals surface area contributed by atoms with Crippen LogP contribution in [-0.4, -0.2) is 50.3 Å². The highest BCUT2D eigenvalue weighted by atomic mass is 16.5. The first-order valence-corrected chi connectivity index (χ1v) is 9.63. The van der Waals surface area contributed by atoms with Gasteiger partial charge in [0.2, 0.25) is 0 Å². The molecule has 0 radical (unpaired) electrons. The predicted octanol–water partition coefficient (Wildman–Crippen LogP) is 4.02. The highest BCUT2D eigenvalue weighted by molar-refractivity contribution is 5.91. The Morgan fingerprint density at radius 2 is 2.12 bits per heavy atom. The van der Waals surface area contributed by atoms with Crippen molar-refractivity contribution in [2.45, 2.75) is 51.6 Å². The second-order valence-electron chi connectivity index (χ2n) is 7.27. The van der Waals surface area contributed by atoms with Gasteiger partial charge in [-0.05, 0) is 63.1 Å². The molecule has 1 atom stereocenters. The first-order valence-electron chi connectivity index (χ1n) is 9.63. The topological polar surface area (TPSA) is 44.8 Å². The quantitative estimate of drug-likeness (QED) is 0.847. The molecule has 1 aromatic carbocycles. The number of nitrogens with zero attached hydrogens (tertiary/aromatic N) is 2. The molecule has 5 heteroatoms. The summed E-state index contributed by atoms with van der Waals surface area (Å²) in [6.45, 7) is 5.98. The second-order valence-corrected chi connectivity index (χ2v) is 7.27. The lowest BCUT2D eigenvalue weighted by atomic mass is 10.1. The van der Waals surface area contributed by atoms with Gasteiger partial charge in [-0.1, -0.05) is 6.07 Å². The summed E-state index contributed by atoms with van der Waals surface area (Å²) >= 11 is 0. The molecule has 0 spiro atoms. The molecule has 0 aromatic heterocycles. The lowest BCUT2D eigenvalue weighted by Gasteiger charge is -2.23. The minimum absolute atomic E-state index is 0.0333.